The third-order valence-corrected chi connectivity index (χ3v) is 3.21. The number of nitrogens with one attached hydrogen (secondary N) is 1. The molecule has 0 aromatic carbocycles. The van der Waals surface area contributed by atoms with Gasteiger partial charge in [0.25, 0.3) is 0 Å². The molecule has 16 heavy (non-hydrogen) atoms. The van der Waals surface area contributed by atoms with Gasteiger partial charge in [-0.1, -0.05) is 6.92 Å². The highest BCUT2D eigenvalue weighted by atomic mass is 16.5. The summed E-state index contributed by atoms with van der Waals surface area (Å²) >= 11 is 0. The molecule has 0 aliphatic carbocycles. The van der Waals surface area contributed by atoms with Gasteiger partial charge in [0, 0.05) is 32.7 Å². The molecule has 0 spiro atoms. The van der Waals surface area contributed by atoms with E-state index in [1.165, 1.54) is 6.42 Å². The van der Waals surface area contributed by atoms with Crippen LogP contribution in [0, 0.1) is 5.92 Å². The first kappa shape index (κ1) is 11.6. The Bertz CT molecular complexity index is 318. The lowest BCUT2D eigenvalue weighted by Crippen LogP contribution is -2.26. The van der Waals surface area contributed by atoms with E-state index < -0.39 is 0 Å². The van der Waals surface area contributed by atoms with Gasteiger partial charge < -0.3 is 14.6 Å². The molecule has 90 valence electrons. The lowest BCUT2D eigenvalue weighted by Gasteiger charge is -2.20. The molecule has 2 unspecified atom stereocenters. The molecule has 0 bridgehead atoms. The normalized spacial score (nSPS) is 22.5. The standard InChI is InChI=1S/C12H21N3O/c1-3-13-11(8-10-4-7-16-9-10)12-14-5-6-15(12)2/h5-6,10-11,13H,3-4,7-9H2,1-2H3. The van der Waals surface area contributed by atoms with Crippen LogP contribution in [0.1, 0.15) is 31.6 Å². The van der Waals surface area contributed by atoms with Crippen molar-refractivity contribution in [2.24, 2.45) is 13.0 Å². The van der Waals surface area contributed by atoms with E-state index in [-0.39, 0.29) is 0 Å². The summed E-state index contributed by atoms with van der Waals surface area (Å²) in [5.74, 6) is 1.81. The molecular formula is C12H21N3O. The second-order valence-corrected chi connectivity index (χ2v) is 4.47. The highest BCUT2D eigenvalue weighted by molar-refractivity contribution is 4.99. The van der Waals surface area contributed by atoms with Gasteiger partial charge in [-0.15, -0.1) is 0 Å². The maximum absolute atomic E-state index is 5.43. The van der Waals surface area contributed by atoms with Crippen molar-refractivity contribution in [2.75, 3.05) is 19.8 Å². The molecule has 2 rings (SSSR count). The van der Waals surface area contributed by atoms with Crippen LogP contribution in [0.25, 0.3) is 0 Å². The molecule has 4 nitrogen and oxygen atoms in total. The van der Waals surface area contributed by atoms with Gasteiger partial charge in [0.15, 0.2) is 0 Å². The molecule has 1 fully saturated rings. The number of hydrogen-bond acceptors (Lipinski definition) is 3. The summed E-state index contributed by atoms with van der Waals surface area (Å²) in [5.41, 5.74) is 0. The van der Waals surface area contributed by atoms with E-state index in [2.05, 4.69) is 28.8 Å². The highest BCUT2D eigenvalue weighted by Crippen LogP contribution is 2.25. The molecule has 1 aliphatic rings. The molecule has 2 atom stereocenters. The summed E-state index contributed by atoms with van der Waals surface area (Å²) in [6.45, 7) is 4.95. The molecule has 0 amide bonds. The number of nitrogens with zero attached hydrogens (tertiary/aromatic N) is 2. The average Bonchev–Trinajstić information content (AvgIpc) is 2.88. The van der Waals surface area contributed by atoms with Crippen molar-refractivity contribution in [3.05, 3.63) is 18.2 Å². The van der Waals surface area contributed by atoms with Gasteiger partial charge in [-0.05, 0) is 25.3 Å². The first-order chi connectivity index (χ1) is 7.81. The number of aryl methyl sites for hydroxylation is 1. The molecular weight excluding hydrogens is 202 g/mol. The minimum absolute atomic E-state index is 0.358. The molecule has 1 aliphatic heterocycles. The Balaban J connectivity index is 2.01. The van der Waals surface area contributed by atoms with Crippen molar-refractivity contribution >= 4 is 0 Å². The smallest absolute Gasteiger partial charge is 0.125 e. The Hall–Kier alpha value is -0.870. The van der Waals surface area contributed by atoms with Crippen molar-refractivity contribution < 1.29 is 4.74 Å². The second kappa shape index (κ2) is 5.46. The minimum atomic E-state index is 0.358. The Morgan fingerprint density at radius 3 is 3.12 bits per heavy atom. The predicted octanol–water partition coefficient (Wildman–Crippen LogP) is 1.50. The van der Waals surface area contributed by atoms with Gasteiger partial charge >= 0.3 is 0 Å². The summed E-state index contributed by atoms with van der Waals surface area (Å²) in [7, 11) is 2.05. The van der Waals surface area contributed by atoms with E-state index in [9.17, 15) is 0 Å². The molecule has 2 heterocycles. The van der Waals surface area contributed by atoms with Gasteiger partial charge in [-0.25, -0.2) is 4.98 Å². The van der Waals surface area contributed by atoms with Crippen LogP contribution in [-0.2, 0) is 11.8 Å². The number of imidazole rings is 1. The Labute approximate surface area is 97.0 Å². The minimum Gasteiger partial charge on any atom is -0.381 e. The fourth-order valence-electron chi connectivity index (χ4n) is 2.34. The SMILES string of the molecule is CCNC(CC1CCOC1)c1nccn1C. The first-order valence-corrected chi connectivity index (χ1v) is 6.09. The number of hydrogen-bond donors (Lipinski definition) is 1. The zero-order valence-corrected chi connectivity index (χ0v) is 10.1. The zero-order chi connectivity index (χ0) is 11.4. The van der Waals surface area contributed by atoms with Crippen LogP contribution in [0.5, 0.6) is 0 Å². The molecule has 0 radical (unpaired) electrons. The maximum atomic E-state index is 5.43. The fourth-order valence-corrected chi connectivity index (χ4v) is 2.34. The summed E-state index contributed by atoms with van der Waals surface area (Å²) < 4.78 is 7.53. The van der Waals surface area contributed by atoms with Crippen LogP contribution in [0.4, 0.5) is 0 Å². The van der Waals surface area contributed by atoms with Crippen molar-refractivity contribution in [1.82, 2.24) is 14.9 Å². The number of ether oxygens (including phenoxy) is 1. The Morgan fingerprint density at radius 2 is 2.56 bits per heavy atom. The average molecular weight is 223 g/mol. The van der Waals surface area contributed by atoms with Crippen LogP contribution in [0.3, 0.4) is 0 Å². The number of rotatable bonds is 5. The van der Waals surface area contributed by atoms with Crippen LogP contribution in [-0.4, -0.2) is 29.3 Å². The maximum Gasteiger partial charge on any atom is 0.125 e. The van der Waals surface area contributed by atoms with Crippen molar-refractivity contribution in [3.63, 3.8) is 0 Å². The van der Waals surface area contributed by atoms with E-state index in [1.807, 2.05) is 12.4 Å². The Kier molecular flexibility index (Phi) is 3.96. The van der Waals surface area contributed by atoms with Gasteiger partial charge in [-0.3, -0.25) is 0 Å². The van der Waals surface area contributed by atoms with Gasteiger partial charge in [0.05, 0.1) is 6.04 Å². The quantitative estimate of drug-likeness (QED) is 0.822. The fraction of sp³-hybridized carbons (Fsp3) is 0.750. The summed E-state index contributed by atoms with van der Waals surface area (Å²) in [6.07, 6.45) is 6.18. The predicted molar refractivity (Wildman–Crippen MR) is 63.2 cm³/mol. The van der Waals surface area contributed by atoms with Crippen LogP contribution >= 0.6 is 0 Å². The van der Waals surface area contributed by atoms with Crippen LogP contribution in [0.15, 0.2) is 12.4 Å². The van der Waals surface area contributed by atoms with E-state index in [0.717, 1.165) is 32.0 Å². The van der Waals surface area contributed by atoms with Gasteiger partial charge in [-0.2, -0.15) is 0 Å². The van der Waals surface area contributed by atoms with Gasteiger partial charge in [0.1, 0.15) is 5.82 Å². The third-order valence-electron chi connectivity index (χ3n) is 3.21. The molecule has 1 N–H and O–H groups in total. The summed E-state index contributed by atoms with van der Waals surface area (Å²) in [4.78, 5) is 4.44. The number of aromatic nitrogens is 2. The molecule has 0 saturated carbocycles. The summed E-state index contributed by atoms with van der Waals surface area (Å²) in [6, 6.07) is 0.358. The van der Waals surface area contributed by atoms with E-state index >= 15 is 0 Å². The van der Waals surface area contributed by atoms with Crippen molar-refractivity contribution in [1.29, 1.82) is 0 Å². The molecule has 1 aromatic heterocycles. The van der Waals surface area contributed by atoms with Crippen LogP contribution in [0.2, 0.25) is 0 Å². The van der Waals surface area contributed by atoms with Crippen molar-refractivity contribution in [2.45, 2.75) is 25.8 Å². The van der Waals surface area contributed by atoms with Gasteiger partial charge in [0.2, 0.25) is 0 Å². The molecule has 1 aromatic rings. The summed E-state index contributed by atoms with van der Waals surface area (Å²) in [5, 5.41) is 3.51. The lowest BCUT2D eigenvalue weighted by molar-refractivity contribution is 0.181. The lowest BCUT2D eigenvalue weighted by atomic mass is 9.98. The Morgan fingerprint density at radius 1 is 1.69 bits per heavy atom. The molecule has 1 saturated heterocycles. The third kappa shape index (κ3) is 2.62. The van der Waals surface area contributed by atoms with Crippen molar-refractivity contribution in [3.8, 4) is 0 Å². The highest BCUT2D eigenvalue weighted by Gasteiger charge is 2.23. The second-order valence-electron chi connectivity index (χ2n) is 4.47. The topological polar surface area (TPSA) is 39.1 Å². The van der Waals surface area contributed by atoms with E-state index in [0.29, 0.717) is 12.0 Å². The monoisotopic (exact) mass is 223 g/mol. The first-order valence-electron chi connectivity index (χ1n) is 6.09. The van der Waals surface area contributed by atoms with Crippen LogP contribution < -0.4 is 5.32 Å². The molecule has 4 heteroatoms. The zero-order valence-electron chi connectivity index (χ0n) is 10.1. The van der Waals surface area contributed by atoms with E-state index in [4.69, 9.17) is 4.74 Å². The largest absolute Gasteiger partial charge is 0.381 e. The van der Waals surface area contributed by atoms with E-state index in [1.54, 1.807) is 0 Å².